The summed E-state index contributed by atoms with van der Waals surface area (Å²) in [6.45, 7) is 3.63. The Morgan fingerprint density at radius 1 is 1.25 bits per heavy atom. The minimum atomic E-state index is 0. The largest absolute Gasteiger partial charge is 0.490 e. The Bertz CT molecular complexity index is 612. The van der Waals surface area contributed by atoms with Crippen LogP contribution in [0, 0.1) is 0 Å². The maximum atomic E-state index is 5.96. The summed E-state index contributed by atoms with van der Waals surface area (Å²) in [6.07, 6.45) is 2.87. The van der Waals surface area contributed by atoms with Crippen molar-refractivity contribution in [3.63, 3.8) is 0 Å². The first-order chi connectivity index (χ1) is 11.2. The molecule has 0 bridgehead atoms. The second-order valence-electron chi connectivity index (χ2n) is 5.86. The van der Waals surface area contributed by atoms with Crippen molar-refractivity contribution in [3.05, 3.63) is 30.1 Å². The Kier molecular flexibility index (Phi) is 7.02. The molecule has 0 saturated carbocycles. The van der Waals surface area contributed by atoms with E-state index in [-0.39, 0.29) is 18.5 Å². The number of rotatable bonds is 6. The molecular weight excluding hydrogens is 330 g/mol. The predicted octanol–water partition coefficient (Wildman–Crippen LogP) is 2.87. The van der Waals surface area contributed by atoms with Crippen LogP contribution >= 0.6 is 12.4 Å². The summed E-state index contributed by atoms with van der Waals surface area (Å²) >= 11 is 0. The monoisotopic (exact) mass is 353 g/mol. The number of aromatic nitrogens is 2. The van der Waals surface area contributed by atoms with E-state index in [4.69, 9.17) is 14.0 Å². The summed E-state index contributed by atoms with van der Waals surface area (Å²) < 4.78 is 16.6. The predicted molar refractivity (Wildman–Crippen MR) is 93.7 cm³/mol. The van der Waals surface area contributed by atoms with Crippen LogP contribution in [-0.2, 0) is 11.2 Å². The highest BCUT2D eigenvalue weighted by molar-refractivity contribution is 5.85. The maximum Gasteiger partial charge on any atom is 0.257 e. The molecule has 2 aromatic rings. The summed E-state index contributed by atoms with van der Waals surface area (Å²) in [4.78, 5) is 4.44. The molecule has 2 heterocycles. The van der Waals surface area contributed by atoms with Gasteiger partial charge in [0.25, 0.3) is 5.89 Å². The van der Waals surface area contributed by atoms with Crippen molar-refractivity contribution in [3.8, 4) is 17.2 Å². The van der Waals surface area contributed by atoms with Crippen LogP contribution in [0.3, 0.4) is 0 Å². The quantitative estimate of drug-likeness (QED) is 0.861. The van der Waals surface area contributed by atoms with Gasteiger partial charge in [0, 0.05) is 30.9 Å². The molecule has 1 unspecified atom stereocenters. The zero-order valence-corrected chi connectivity index (χ0v) is 14.8. The molecule has 24 heavy (non-hydrogen) atoms. The first-order valence-corrected chi connectivity index (χ1v) is 8.09. The number of benzene rings is 1. The van der Waals surface area contributed by atoms with Crippen molar-refractivity contribution in [2.45, 2.75) is 38.3 Å². The van der Waals surface area contributed by atoms with Crippen LogP contribution in [-0.4, -0.2) is 42.5 Å². The van der Waals surface area contributed by atoms with E-state index in [0.29, 0.717) is 17.8 Å². The van der Waals surface area contributed by atoms with Crippen molar-refractivity contribution in [1.29, 1.82) is 0 Å². The van der Waals surface area contributed by atoms with Gasteiger partial charge in [-0.3, -0.25) is 0 Å². The van der Waals surface area contributed by atoms with Gasteiger partial charge in [0.1, 0.15) is 11.9 Å². The van der Waals surface area contributed by atoms with Gasteiger partial charge in [-0.25, -0.2) is 0 Å². The molecule has 0 aliphatic carbocycles. The van der Waals surface area contributed by atoms with Crippen molar-refractivity contribution < 1.29 is 14.0 Å². The fourth-order valence-electron chi connectivity index (χ4n) is 2.49. The fraction of sp³-hybridized carbons (Fsp3) is 0.529. The van der Waals surface area contributed by atoms with E-state index < -0.39 is 0 Å². The topological polar surface area (TPSA) is 69.4 Å². The molecular formula is C17H24ClN3O3. The Balaban J connectivity index is 0.00000208. The second-order valence-corrected chi connectivity index (χ2v) is 5.86. The van der Waals surface area contributed by atoms with Gasteiger partial charge in [-0.15, -0.1) is 12.4 Å². The van der Waals surface area contributed by atoms with Crippen molar-refractivity contribution in [2.75, 3.05) is 20.3 Å². The van der Waals surface area contributed by atoms with Gasteiger partial charge in [-0.05, 0) is 38.2 Å². The lowest BCUT2D eigenvalue weighted by molar-refractivity contribution is 0.0256. The first-order valence-electron chi connectivity index (χ1n) is 8.09. The van der Waals surface area contributed by atoms with Crippen LogP contribution in [0.2, 0.25) is 0 Å². The zero-order chi connectivity index (χ0) is 16.1. The van der Waals surface area contributed by atoms with Crippen molar-refractivity contribution in [2.24, 2.45) is 0 Å². The Morgan fingerprint density at radius 2 is 1.96 bits per heavy atom. The Hall–Kier alpha value is -1.63. The van der Waals surface area contributed by atoms with Gasteiger partial charge in [0.15, 0.2) is 5.82 Å². The highest BCUT2D eigenvalue weighted by Gasteiger charge is 2.16. The number of ether oxygens (including phenoxy) is 2. The average Bonchev–Trinajstić information content (AvgIpc) is 3.05. The lowest BCUT2D eigenvalue weighted by Gasteiger charge is -2.23. The van der Waals surface area contributed by atoms with E-state index in [1.165, 1.54) is 0 Å². The first kappa shape index (κ1) is 18.7. The number of nitrogens with zero attached hydrogens (tertiary/aromatic N) is 2. The molecule has 1 atom stereocenters. The number of nitrogens with one attached hydrogen (secondary N) is 1. The summed E-state index contributed by atoms with van der Waals surface area (Å²) in [7, 11) is 1.92. The van der Waals surface area contributed by atoms with Crippen LogP contribution in [0.5, 0.6) is 5.75 Å². The molecule has 7 heteroatoms. The minimum Gasteiger partial charge on any atom is -0.490 e. The molecule has 6 nitrogen and oxygen atoms in total. The van der Waals surface area contributed by atoms with Crippen LogP contribution in [0.1, 0.15) is 25.6 Å². The molecule has 1 aromatic carbocycles. The number of hydrogen-bond donors (Lipinski definition) is 1. The average molecular weight is 354 g/mol. The normalized spacial score (nSPS) is 16.4. The molecule has 132 valence electrons. The molecule has 1 saturated heterocycles. The zero-order valence-electron chi connectivity index (χ0n) is 14.0. The van der Waals surface area contributed by atoms with E-state index in [1.807, 2.05) is 31.3 Å². The summed E-state index contributed by atoms with van der Waals surface area (Å²) in [5.74, 6) is 2.12. The number of hydrogen-bond acceptors (Lipinski definition) is 6. The summed E-state index contributed by atoms with van der Waals surface area (Å²) in [5.41, 5.74) is 0.903. The molecule has 3 rings (SSSR count). The van der Waals surface area contributed by atoms with Crippen LogP contribution in [0.15, 0.2) is 28.8 Å². The number of halogens is 1. The fourth-order valence-corrected chi connectivity index (χ4v) is 2.49. The lowest BCUT2D eigenvalue weighted by Crippen LogP contribution is -2.25. The van der Waals surface area contributed by atoms with Gasteiger partial charge in [0.05, 0.1) is 13.2 Å². The van der Waals surface area contributed by atoms with Crippen LogP contribution in [0.25, 0.3) is 11.5 Å². The molecule has 1 fully saturated rings. The molecule has 1 aliphatic rings. The second kappa shape index (κ2) is 9.01. The van der Waals surface area contributed by atoms with E-state index in [1.54, 1.807) is 0 Å². The third kappa shape index (κ3) is 4.93. The van der Waals surface area contributed by atoms with E-state index >= 15 is 0 Å². The molecule has 0 amide bonds. The Morgan fingerprint density at radius 3 is 2.62 bits per heavy atom. The van der Waals surface area contributed by atoms with E-state index in [2.05, 4.69) is 22.4 Å². The summed E-state index contributed by atoms with van der Waals surface area (Å²) in [5, 5.41) is 7.19. The minimum absolute atomic E-state index is 0. The van der Waals surface area contributed by atoms with Crippen molar-refractivity contribution >= 4 is 12.4 Å². The van der Waals surface area contributed by atoms with E-state index in [0.717, 1.165) is 43.8 Å². The van der Waals surface area contributed by atoms with E-state index in [9.17, 15) is 0 Å². The standard InChI is InChI=1S/C17H23N3O3.ClH/c1-12(18-2)11-16-19-17(23-20-16)13-3-5-14(6-4-13)22-15-7-9-21-10-8-15;/h3-6,12,15,18H,7-11H2,1-2H3;1H. The summed E-state index contributed by atoms with van der Waals surface area (Å²) in [6, 6.07) is 8.12. The van der Waals surface area contributed by atoms with Gasteiger partial charge in [-0.2, -0.15) is 4.98 Å². The lowest BCUT2D eigenvalue weighted by atomic mass is 10.1. The molecule has 1 aromatic heterocycles. The molecule has 0 spiro atoms. The maximum absolute atomic E-state index is 5.96. The highest BCUT2D eigenvalue weighted by atomic mass is 35.5. The smallest absolute Gasteiger partial charge is 0.257 e. The van der Waals surface area contributed by atoms with Crippen LogP contribution < -0.4 is 10.1 Å². The SMILES string of the molecule is CNC(C)Cc1noc(-c2ccc(OC3CCOCC3)cc2)n1.Cl. The van der Waals surface area contributed by atoms with Gasteiger partial charge >= 0.3 is 0 Å². The number of likely N-dealkylation sites (N-methyl/N-ethyl adjacent to an activating group) is 1. The molecule has 1 N–H and O–H groups in total. The highest BCUT2D eigenvalue weighted by Crippen LogP contribution is 2.23. The van der Waals surface area contributed by atoms with Crippen LogP contribution in [0.4, 0.5) is 0 Å². The molecule has 1 aliphatic heterocycles. The van der Waals surface area contributed by atoms with Gasteiger partial charge in [0.2, 0.25) is 0 Å². The molecule has 0 radical (unpaired) electrons. The Labute approximate surface area is 148 Å². The van der Waals surface area contributed by atoms with Crippen molar-refractivity contribution in [1.82, 2.24) is 15.5 Å². The third-order valence-corrected chi connectivity index (χ3v) is 4.02. The third-order valence-electron chi connectivity index (χ3n) is 4.02. The van der Waals surface area contributed by atoms with Gasteiger partial charge in [-0.1, -0.05) is 5.16 Å². The van der Waals surface area contributed by atoms with Gasteiger partial charge < -0.3 is 19.3 Å².